The van der Waals surface area contributed by atoms with Gasteiger partial charge in [-0.25, -0.2) is 0 Å². The van der Waals surface area contributed by atoms with Crippen molar-refractivity contribution in [2.45, 2.75) is 31.0 Å². The Kier molecular flexibility index (Phi) is 3.72. The second-order valence-corrected chi connectivity index (χ2v) is 5.62. The smallest absolute Gasteiger partial charge is 0.228 e. The topological polar surface area (TPSA) is 51.7 Å². The van der Waals surface area contributed by atoms with Crippen molar-refractivity contribution in [3.8, 4) is 0 Å². The van der Waals surface area contributed by atoms with Crippen LogP contribution in [0.3, 0.4) is 0 Å². The number of rotatable bonds is 3. The van der Waals surface area contributed by atoms with Gasteiger partial charge in [0.1, 0.15) is 0 Å². The van der Waals surface area contributed by atoms with Crippen LogP contribution in [0.5, 0.6) is 0 Å². The number of carbonyl (C=O) groups excluding carboxylic acids is 1. The number of carbonyl (C=O) groups is 1. The highest BCUT2D eigenvalue weighted by molar-refractivity contribution is 5.78. The van der Waals surface area contributed by atoms with E-state index >= 15 is 0 Å². The van der Waals surface area contributed by atoms with E-state index in [1.165, 1.54) is 0 Å². The molecule has 0 radical (unpaired) electrons. The van der Waals surface area contributed by atoms with E-state index in [0.717, 1.165) is 25.1 Å². The molecule has 2 aliphatic rings. The van der Waals surface area contributed by atoms with E-state index in [9.17, 15) is 4.79 Å². The zero-order valence-corrected chi connectivity index (χ0v) is 11.7. The lowest BCUT2D eigenvalue weighted by Gasteiger charge is -2.23. The van der Waals surface area contributed by atoms with Crippen LogP contribution >= 0.6 is 0 Å². The minimum absolute atomic E-state index is 0.130. The van der Waals surface area contributed by atoms with Crippen molar-refractivity contribution in [3.05, 3.63) is 30.1 Å². The van der Waals surface area contributed by atoms with Crippen molar-refractivity contribution >= 4 is 5.91 Å². The number of hydrogen-bond acceptors (Lipinski definition) is 4. The van der Waals surface area contributed by atoms with Crippen molar-refractivity contribution in [1.29, 1.82) is 0 Å². The van der Waals surface area contributed by atoms with Crippen molar-refractivity contribution in [2.75, 3.05) is 26.8 Å². The average Bonchev–Trinajstić information content (AvgIpc) is 3.08. The monoisotopic (exact) mass is 276 g/mol. The third-order valence-corrected chi connectivity index (χ3v) is 4.24. The fraction of sp³-hybridized carbons (Fsp3) is 0.600. The van der Waals surface area contributed by atoms with Gasteiger partial charge in [-0.05, 0) is 18.6 Å². The molecular formula is C15H20N2O3. The van der Waals surface area contributed by atoms with Gasteiger partial charge in [-0.3, -0.25) is 9.78 Å². The van der Waals surface area contributed by atoms with E-state index in [4.69, 9.17) is 9.47 Å². The Morgan fingerprint density at radius 1 is 1.60 bits per heavy atom. The van der Waals surface area contributed by atoms with Gasteiger partial charge >= 0.3 is 0 Å². The van der Waals surface area contributed by atoms with Gasteiger partial charge in [-0.15, -0.1) is 0 Å². The molecule has 1 amide bonds. The van der Waals surface area contributed by atoms with Crippen molar-refractivity contribution < 1.29 is 14.3 Å². The molecule has 2 fully saturated rings. The number of methoxy groups -OCH3 is 1. The number of ether oxygens (including phenoxy) is 2. The van der Waals surface area contributed by atoms with Crippen molar-refractivity contribution in [1.82, 2.24) is 9.88 Å². The lowest BCUT2D eigenvalue weighted by Crippen LogP contribution is -2.36. The molecule has 0 aliphatic carbocycles. The van der Waals surface area contributed by atoms with Gasteiger partial charge in [-0.1, -0.05) is 6.07 Å². The highest BCUT2D eigenvalue weighted by Gasteiger charge is 2.46. The molecule has 0 saturated carbocycles. The standard InChI is InChI=1S/C15H20N2O3/c1-19-13-9-15(20-10-13)5-7-17(11-15)14(18)8-12-4-2-3-6-16-12/h2-4,6,13H,5,7-11H2,1H3/t13-,15-/m0/s1. The average molecular weight is 276 g/mol. The van der Waals surface area contributed by atoms with Crippen LogP contribution in [0, 0.1) is 0 Å². The highest BCUT2D eigenvalue weighted by atomic mass is 16.6. The number of aromatic nitrogens is 1. The van der Waals surface area contributed by atoms with Gasteiger partial charge in [0.05, 0.1) is 24.7 Å². The molecule has 5 heteroatoms. The molecule has 20 heavy (non-hydrogen) atoms. The predicted molar refractivity (Wildman–Crippen MR) is 73.2 cm³/mol. The normalized spacial score (nSPS) is 29.2. The van der Waals surface area contributed by atoms with Crippen LogP contribution in [-0.2, 0) is 20.7 Å². The Bertz CT molecular complexity index is 479. The van der Waals surface area contributed by atoms with Crippen LogP contribution in [0.4, 0.5) is 0 Å². The highest BCUT2D eigenvalue weighted by Crippen LogP contribution is 2.36. The number of likely N-dealkylation sites (tertiary alicyclic amines) is 1. The number of nitrogens with zero attached hydrogens (tertiary/aromatic N) is 2. The molecule has 2 atom stereocenters. The predicted octanol–water partition coefficient (Wildman–Crippen LogP) is 1.03. The Labute approximate surface area is 118 Å². The summed E-state index contributed by atoms with van der Waals surface area (Å²) >= 11 is 0. The number of hydrogen-bond donors (Lipinski definition) is 0. The fourth-order valence-corrected chi connectivity index (χ4v) is 3.07. The van der Waals surface area contributed by atoms with E-state index in [1.54, 1.807) is 13.3 Å². The minimum Gasteiger partial charge on any atom is -0.379 e. The van der Waals surface area contributed by atoms with Gasteiger partial charge in [0.15, 0.2) is 0 Å². The Hall–Kier alpha value is -1.46. The van der Waals surface area contributed by atoms with Gasteiger partial charge in [0.25, 0.3) is 0 Å². The maximum Gasteiger partial charge on any atom is 0.228 e. The largest absolute Gasteiger partial charge is 0.379 e. The second-order valence-electron chi connectivity index (χ2n) is 5.62. The molecule has 5 nitrogen and oxygen atoms in total. The first-order valence-electron chi connectivity index (χ1n) is 7.05. The summed E-state index contributed by atoms with van der Waals surface area (Å²) in [7, 11) is 1.71. The third-order valence-electron chi connectivity index (χ3n) is 4.24. The Balaban J connectivity index is 1.59. The molecule has 0 bridgehead atoms. The lowest BCUT2D eigenvalue weighted by atomic mass is 9.98. The van der Waals surface area contributed by atoms with Gasteiger partial charge in [0, 0.05) is 38.5 Å². The second kappa shape index (κ2) is 5.50. The maximum absolute atomic E-state index is 12.3. The lowest BCUT2D eigenvalue weighted by molar-refractivity contribution is -0.130. The van der Waals surface area contributed by atoms with Crippen LogP contribution in [0.15, 0.2) is 24.4 Å². The summed E-state index contributed by atoms with van der Waals surface area (Å²) in [4.78, 5) is 18.4. The van der Waals surface area contributed by atoms with Crippen LogP contribution < -0.4 is 0 Å². The van der Waals surface area contributed by atoms with E-state index in [-0.39, 0.29) is 17.6 Å². The first-order valence-corrected chi connectivity index (χ1v) is 7.05. The van der Waals surface area contributed by atoms with Gasteiger partial charge < -0.3 is 14.4 Å². The quantitative estimate of drug-likeness (QED) is 0.827. The molecule has 3 rings (SSSR count). The summed E-state index contributed by atoms with van der Waals surface area (Å²) < 4.78 is 11.3. The van der Waals surface area contributed by atoms with Crippen molar-refractivity contribution in [2.24, 2.45) is 0 Å². The molecule has 3 heterocycles. The zero-order valence-electron chi connectivity index (χ0n) is 11.7. The van der Waals surface area contributed by atoms with Crippen LogP contribution in [0.1, 0.15) is 18.5 Å². The van der Waals surface area contributed by atoms with Crippen molar-refractivity contribution in [3.63, 3.8) is 0 Å². The van der Waals surface area contributed by atoms with Crippen LogP contribution in [-0.4, -0.2) is 54.3 Å². The molecule has 1 spiro atoms. The molecule has 108 valence electrons. The third kappa shape index (κ3) is 2.69. The molecule has 1 aromatic rings. The molecule has 1 aromatic heterocycles. The Morgan fingerprint density at radius 3 is 3.20 bits per heavy atom. The molecular weight excluding hydrogens is 256 g/mol. The minimum atomic E-state index is -0.180. The molecule has 0 N–H and O–H groups in total. The zero-order chi connectivity index (χ0) is 14.0. The van der Waals surface area contributed by atoms with Gasteiger partial charge in [-0.2, -0.15) is 0 Å². The molecule has 2 saturated heterocycles. The Morgan fingerprint density at radius 2 is 2.50 bits per heavy atom. The first-order chi connectivity index (χ1) is 9.71. The molecule has 0 aromatic carbocycles. The number of pyridine rings is 1. The first kappa shape index (κ1) is 13.5. The summed E-state index contributed by atoms with van der Waals surface area (Å²) in [6.45, 7) is 2.08. The van der Waals surface area contributed by atoms with Gasteiger partial charge in [0.2, 0.25) is 5.91 Å². The van der Waals surface area contributed by atoms with E-state index < -0.39 is 0 Å². The van der Waals surface area contributed by atoms with Crippen LogP contribution in [0.2, 0.25) is 0 Å². The van der Waals surface area contributed by atoms with Crippen LogP contribution in [0.25, 0.3) is 0 Å². The molecule has 0 unspecified atom stereocenters. The molecule has 2 aliphatic heterocycles. The summed E-state index contributed by atoms with van der Waals surface area (Å²) in [5, 5.41) is 0. The summed E-state index contributed by atoms with van der Waals surface area (Å²) in [6.07, 6.45) is 4.04. The summed E-state index contributed by atoms with van der Waals surface area (Å²) in [6, 6.07) is 5.65. The fourth-order valence-electron chi connectivity index (χ4n) is 3.07. The maximum atomic E-state index is 12.3. The summed E-state index contributed by atoms with van der Waals surface area (Å²) in [5.74, 6) is 0.130. The summed E-state index contributed by atoms with van der Waals surface area (Å²) in [5.41, 5.74) is 0.640. The van der Waals surface area contributed by atoms with E-state index in [0.29, 0.717) is 19.6 Å². The SMILES string of the molecule is CO[C@@H]1CO[C@@]2(CCN(C(=O)Cc3ccccn3)C2)C1. The number of amides is 1. The van der Waals surface area contributed by atoms with E-state index in [1.807, 2.05) is 23.1 Å². The van der Waals surface area contributed by atoms with E-state index in [2.05, 4.69) is 4.98 Å².